The molecule has 0 aliphatic rings. The fraction of sp³-hybridized carbons (Fsp3) is 0.154. The first-order valence-electron chi connectivity index (χ1n) is 6.10. The summed E-state index contributed by atoms with van der Waals surface area (Å²) < 4.78 is 40.6. The van der Waals surface area contributed by atoms with Gasteiger partial charge in [0.2, 0.25) is 0 Å². The second kappa shape index (κ2) is 6.28. The number of anilines is 2. The van der Waals surface area contributed by atoms with Gasteiger partial charge in [-0.05, 0) is 25.1 Å². The minimum Gasteiger partial charge on any atom is -0.384 e. The number of pyridine rings is 1. The summed E-state index contributed by atoms with van der Waals surface area (Å²) in [6, 6.07) is 5.44. The number of nitrogens with one attached hydrogen (secondary N) is 2. The molecule has 1 aromatic heterocycles. The van der Waals surface area contributed by atoms with Crippen LogP contribution < -0.4 is 10.0 Å². The maximum absolute atomic E-state index is 13.7. The Kier molecular flexibility index (Phi) is 4.64. The van der Waals surface area contributed by atoms with Gasteiger partial charge in [0.25, 0.3) is 10.0 Å². The highest BCUT2D eigenvalue weighted by Crippen LogP contribution is 2.29. The highest BCUT2D eigenvalue weighted by Gasteiger charge is 2.21. The van der Waals surface area contributed by atoms with Gasteiger partial charge >= 0.3 is 0 Å². The smallest absolute Gasteiger partial charge is 0.265 e. The van der Waals surface area contributed by atoms with Crippen LogP contribution in [0, 0.1) is 5.82 Å². The molecule has 0 spiro atoms. The van der Waals surface area contributed by atoms with Crippen LogP contribution in [0.25, 0.3) is 0 Å². The van der Waals surface area contributed by atoms with Crippen molar-refractivity contribution in [3.05, 3.63) is 47.5 Å². The zero-order valence-electron chi connectivity index (χ0n) is 11.1. The van der Waals surface area contributed by atoms with E-state index in [1.54, 1.807) is 0 Å². The Morgan fingerprint density at radius 3 is 2.76 bits per heavy atom. The lowest BCUT2D eigenvalue weighted by atomic mass is 10.3. The summed E-state index contributed by atoms with van der Waals surface area (Å²) in [4.78, 5) is 3.72. The molecule has 1 heterocycles. The van der Waals surface area contributed by atoms with Gasteiger partial charge in [-0.15, -0.1) is 0 Å². The van der Waals surface area contributed by atoms with Gasteiger partial charge in [0.15, 0.2) is 0 Å². The van der Waals surface area contributed by atoms with Crippen molar-refractivity contribution in [2.75, 3.05) is 16.6 Å². The zero-order valence-corrected chi connectivity index (χ0v) is 12.7. The summed E-state index contributed by atoms with van der Waals surface area (Å²) in [5, 5.41) is 2.89. The number of para-hydroxylation sites is 1. The van der Waals surface area contributed by atoms with Gasteiger partial charge in [0.1, 0.15) is 16.4 Å². The molecule has 0 unspecified atom stereocenters. The van der Waals surface area contributed by atoms with Gasteiger partial charge in [-0.1, -0.05) is 17.7 Å². The van der Waals surface area contributed by atoms with Crippen molar-refractivity contribution in [2.45, 2.75) is 11.8 Å². The molecule has 2 rings (SSSR count). The molecular formula is C13H13ClFN3O2S. The number of nitrogens with zero attached hydrogens (tertiary/aromatic N) is 1. The molecule has 0 saturated carbocycles. The van der Waals surface area contributed by atoms with E-state index in [0.717, 1.165) is 6.07 Å². The van der Waals surface area contributed by atoms with Gasteiger partial charge < -0.3 is 5.32 Å². The molecule has 2 aromatic rings. The van der Waals surface area contributed by atoms with Crippen molar-refractivity contribution < 1.29 is 12.8 Å². The van der Waals surface area contributed by atoms with E-state index < -0.39 is 15.8 Å². The summed E-state index contributed by atoms with van der Waals surface area (Å²) in [5.41, 5.74) is 0.0953. The first-order valence-corrected chi connectivity index (χ1v) is 7.96. The van der Waals surface area contributed by atoms with Gasteiger partial charge in [0, 0.05) is 18.9 Å². The first-order chi connectivity index (χ1) is 9.95. The summed E-state index contributed by atoms with van der Waals surface area (Å²) in [7, 11) is -4.01. The summed E-state index contributed by atoms with van der Waals surface area (Å²) in [5.74, 6) is -0.750. The number of hydrogen-bond acceptors (Lipinski definition) is 4. The SMILES string of the molecule is CCNc1ccncc1S(=O)(=O)Nc1c(F)cccc1Cl. The number of rotatable bonds is 5. The van der Waals surface area contributed by atoms with Crippen LogP contribution in [0.1, 0.15) is 6.92 Å². The molecule has 112 valence electrons. The molecule has 0 saturated heterocycles. The van der Waals surface area contributed by atoms with Gasteiger partial charge in [-0.2, -0.15) is 0 Å². The molecule has 8 heteroatoms. The second-order valence-electron chi connectivity index (χ2n) is 4.10. The van der Waals surface area contributed by atoms with Crippen LogP contribution in [0.2, 0.25) is 5.02 Å². The van der Waals surface area contributed by atoms with E-state index in [1.165, 1.54) is 30.6 Å². The molecule has 0 fully saturated rings. The Morgan fingerprint density at radius 1 is 1.33 bits per heavy atom. The predicted octanol–water partition coefficient (Wildman–Crippen LogP) is 3.11. The molecule has 0 radical (unpaired) electrons. The topological polar surface area (TPSA) is 71.1 Å². The number of halogens is 2. The van der Waals surface area contributed by atoms with Gasteiger partial charge in [0.05, 0.1) is 10.7 Å². The van der Waals surface area contributed by atoms with Gasteiger partial charge in [-0.3, -0.25) is 9.71 Å². The third-order valence-electron chi connectivity index (χ3n) is 2.64. The number of sulfonamides is 1. The van der Waals surface area contributed by atoms with E-state index in [4.69, 9.17) is 11.6 Å². The predicted molar refractivity (Wildman–Crippen MR) is 80.6 cm³/mol. The van der Waals surface area contributed by atoms with Crippen LogP contribution in [0.4, 0.5) is 15.8 Å². The van der Waals surface area contributed by atoms with E-state index in [9.17, 15) is 12.8 Å². The molecular weight excluding hydrogens is 317 g/mol. The largest absolute Gasteiger partial charge is 0.384 e. The third kappa shape index (κ3) is 3.43. The maximum Gasteiger partial charge on any atom is 0.265 e. The first kappa shape index (κ1) is 15.5. The standard InChI is InChI=1S/C13H13ClFN3O2S/c1-2-17-11-6-7-16-8-12(11)21(19,20)18-13-9(14)4-3-5-10(13)15/h3-8,18H,2H2,1H3,(H,16,17). The van der Waals surface area contributed by atoms with Crippen molar-refractivity contribution in [3.63, 3.8) is 0 Å². The molecule has 0 aliphatic carbocycles. The summed E-state index contributed by atoms with van der Waals surface area (Å²) in [6.45, 7) is 2.37. The van der Waals surface area contributed by atoms with Crippen molar-refractivity contribution in [1.29, 1.82) is 0 Å². The molecule has 21 heavy (non-hydrogen) atoms. The fourth-order valence-electron chi connectivity index (χ4n) is 1.72. The Labute approximate surface area is 127 Å². The Hall–Kier alpha value is -1.86. The number of hydrogen-bond donors (Lipinski definition) is 2. The molecule has 2 N–H and O–H groups in total. The lowest BCUT2D eigenvalue weighted by molar-refractivity contribution is 0.598. The van der Waals surface area contributed by atoms with E-state index >= 15 is 0 Å². The minimum absolute atomic E-state index is 0.0209. The quantitative estimate of drug-likeness (QED) is 0.884. The lowest BCUT2D eigenvalue weighted by Gasteiger charge is -2.13. The summed E-state index contributed by atoms with van der Waals surface area (Å²) >= 11 is 5.83. The van der Waals surface area contributed by atoms with Crippen LogP contribution in [-0.2, 0) is 10.0 Å². The molecule has 0 aliphatic heterocycles. The van der Waals surface area contributed by atoms with Crippen LogP contribution >= 0.6 is 11.6 Å². The number of benzene rings is 1. The molecule has 0 bridgehead atoms. The normalized spacial score (nSPS) is 11.2. The third-order valence-corrected chi connectivity index (χ3v) is 4.33. The Bertz CT molecular complexity index is 733. The van der Waals surface area contributed by atoms with Crippen LogP contribution in [0.3, 0.4) is 0 Å². The molecule has 5 nitrogen and oxygen atoms in total. The van der Waals surface area contributed by atoms with E-state index in [1.807, 2.05) is 6.92 Å². The number of aromatic nitrogens is 1. The van der Waals surface area contributed by atoms with Crippen molar-refractivity contribution in [3.8, 4) is 0 Å². The Morgan fingerprint density at radius 2 is 2.10 bits per heavy atom. The highest BCUT2D eigenvalue weighted by atomic mass is 35.5. The van der Waals surface area contributed by atoms with Crippen molar-refractivity contribution in [1.82, 2.24) is 4.98 Å². The van der Waals surface area contributed by atoms with E-state index in [-0.39, 0.29) is 15.6 Å². The molecule has 1 aromatic carbocycles. The average molecular weight is 330 g/mol. The summed E-state index contributed by atoms with van der Waals surface area (Å²) in [6.07, 6.45) is 2.65. The average Bonchev–Trinajstić information content (AvgIpc) is 2.44. The zero-order chi connectivity index (χ0) is 15.5. The highest BCUT2D eigenvalue weighted by molar-refractivity contribution is 7.92. The molecule has 0 atom stereocenters. The fourth-order valence-corrected chi connectivity index (χ4v) is 3.20. The van der Waals surface area contributed by atoms with E-state index in [0.29, 0.717) is 12.2 Å². The van der Waals surface area contributed by atoms with Crippen molar-refractivity contribution in [2.24, 2.45) is 0 Å². The Balaban J connectivity index is 2.44. The lowest BCUT2D eigenvalue weighted by Crippen LogP contribution is -2.16. The van der Waals surface area contributed by atoms with E-state index in [2.05, 4.69) is 15.0 Å². The maximum atomic E-state index is 13.7. The second-order valence-corrected chi connectivity index (χ2v) is 6.16. The molecule has 0 amide bonds. The van der Waals surface area contributed by atoms with Crippen molar-refractivity contribution >= 4 is 33.0 Å². The monoisotopic (exact) mass is 329 g/mol. The van der Waals surface area contributed by atoms with Gasteiger partial charge in [-0.25, -0.2) is 12.8 Å². The van der Waals surface area contributed by atoms with Crippen LogP contribution in [-0.4, -0.2) is 19.9 Å². The van der Waals surface area contributed by atoms with Crippen LogP contribution in [0.15, 0.2) is 41.6 Å². The minimum atomic E-state index is -4.01. The van der Waals surface area contributed by atoms with Crippen LogP contribution in [0.5, 0.6) is 0 Å².